The second-order valence-electron chi connectivity index (χ2n) is 8.40. The SMILES string of the molecule is [C-]#[N+]/C(C#N)=c1/c2c(/c(=C(\C#N)[N+]#[C-])c3c1-c1c(C)cccc1C3)-c1c(cccc1SC(F)(F)F)C2. The van der Waals surface area contributed by atoms with Crippen LogP contribution >= 0.6 is 11.8 Å². The number of nitriles is 2. The van der Waals surface area contributed by atoms with Gasteiger partial charge < -0.3 is 0 Å². The Morgan fingerprint density at radius 3 is 1.83 bits per heavy atom. The second-order valence-corrected chi connectivity index (χ2v) is 9.51. The molecule has 8 heteroatoms. The zero-order chi connectivity index (χ0) is 25.8. The van der Waals surface area contributed by atoms with E-state index in [1.807, 2.05) is 37.3 Å². The molecule has 2 aliphatic carbocycles. The molecule has 0 aliphatic heterocycles. The molecule has 0 N–H and O–H groups in total. The van der Waals surface area contributed by atoms with E-state index in [0.29, 0.717) is 50.2 Å². The Bertz CT molecular complexity index is 1770. The van der Waals surface area contributed by atoms with E-state index in [1.165, 1.54) is 6.07 Å². The van der Waals surface area contributed by atoms with Crippen molar-refractivity contribution in [2.24, 2.45) is 0 Å². The minimum absolute atomic E-state index is 0.0406. The van der Waals surface area contributed by atoms with Gasteiger partial charge in [0.05, 0.1) is 25.3 Å². The summed E-state index contributed by atoms with van der Waals surface area (Å²) in [6.07, 6.45) is 0.522. The van der Waals surface area contributed by atoms with Crippen LogP contribution in [0.3, 0.4) is 0 Å². The number of benzene rings is 3. The first kappa shape index (κ1) is 23.3. The van der Waals surface area contributed by atoms with Crippen LogP contribution in [0.4, 0.5) is 13.2 Å². The van der Waals surface area contributed by atoms with E-state index in [2.05, 4.69) is 9.69 Å². The molecular formula is C28H13F3N4S. The first-order chi connectivity index (χ1) is 17.2. The fourth-order valence-electron chi connectivity index (χ4n) is 5.39. The fourth-order valence-corrected chi connectivity index (χ4v) is 6.12. The molecule has 0 radical (unpaired) electrons. The molecule has 0 amide bonds. The largest absolute Gasteiger partial charge is 0.446 e. The summed E-state index contributed by atoms with van der Waals surface area (Å²) in [6.45, 7) is 17.3. The zero-order valence-electron chi connectivity index (χ0n) is 18.7. The van der Waals surface area contributed by atoms with Gasteiger partial charge in [0.2, 0.25) is 0 Å². The smallest absolute Gasteiger partial charge is 0.226 e. The van der Waals surface area contributed by atoms with E-state index in [9.17, 15) is 23.7 Å². The molecule has 0 spiro atoms. The average Bonchev–Trinajstić information content (AvgIpc) is 3.41. The van der Waals surface area contributed by atoms with Crippen LogP contribution in [0, 0.1) is 42.7 Å². The molecule has 0 heterocycles. The molecular weight excluding hydrogens is 481 g/mol. The Labute approximate surface area is 208 Å². The molecule has 0 saturated heterocycles. The van der Waals surface area contributed by atoms with Crippen molar-refractivity contribution >= 4 is 23.2 Å². The lowest BCUT2D eigenvalue weighted by Crippen LogP contribution is -2.26. The monoisotopic (exact) mass is 494 g/mol. The number of rotatable bonds is 1. The topological polar surface area (TPSA) is 56.3 Å². The van der Waals surface area contributed by atoms with E-state index in [4.69, 9.17) is 13.1 Å². The highest BCUT2D eigenvalue weighted by Gasteiger charge is 2.36. The molecule has 0 saturated carbocycles. The lowest BCUT2D eigenvalue weighted by Gasteiger charge is -2.16. The fraction of sp³-hybridized carbons (Fsp3) is 0.143. The highest BCUT2D eigenvalue weighted by molar-refractivity contribution is 8.00. The van der Waals surface area contributed by atoms with Crippen LogP contribution in [0.2, 0.25) is 0 Å². The standard InChI is InChI=1S/C28H13F3N4S/c1-14-6-4-7-15-10-17-25(20(13-33)35-3)27-18(24(19(12-32)34-2)26(17)22(14)15)11-16-8-5-9-21(23(16)27)36-28(29,30)31/h4-9H,10-11H2,1H3/b24-19-,25-20+. The summed E-state index contributed by atoms with van der Waals surface area (Å²) < 4.78 is 40.5. The molecule has 0 fully saturated rings. The molecule has 0 atom stereocenters. The highest BCUT2D eigenvalue weighted by atomic mass is 32.2. The van der Waals surface area contributed by atoms with Gasteiger partial charge in [-0.1, -0.05) is 30.3 Å². The van der Waals surface area contributed by atoms with Gasteiger partial charge in [0.25, 0.3) is 11.4 Å². The van der Waals surface area contributed by atoms with Crippen molar-refractivity contribution in [1.82, 2.24) is 0 Å². The molecule has 0 aromatic heterocycles. The number of fused-ring (bicyclic) bond motifs is 6. The van der Waals surface area contributed by atoms with E-state index in [-0.39, 0.29) is 34.5 Å². The number of alkyl halides is 3. The Morgan fingerprint density at radius 2 is 1.33 bits per heavy atom. The maximum Gasteiger partial charge on any atom is 0.446 e. The maximum atomic E-state index is 13.5. The van der Waals surface area contributed by atoms with Gasteiger partial charge >= 0.3 is 5.51 Å². The van der Waals surface area contributed by atoms with E-state index in [1.54, 1.807) is 12.1 Å². The van der Waals surface area contributed by atoms with Crippen LogP contribution in [0.5, 0.6) is 0 Å². The molecule has 0 bridgehead atoms. The summed E-state index contributed by atoms with van der Waals surface area (Å²) in [7, 11) is 0. The lowest BCUT2D eigenvalue weighted by atomic mass is 9.89. The quantitative estimate of drug-likeness (QED) is 0.217. The minimum atomic E-state index is -4.55. The van der Waals surface area contributed by atoms with Gasteiger partial charge in [0.15, 0.2) is 0 Å². The molecule has 3 aromatic carbocycles. The third kappa shape index (κ3) is 3.36. The number of thioether (sulfide) groups is 1. The van der Waals surface area contributed by atoms with Crippen molar-refractivity contribution in [3.63, 3.8) is 0 Å². The van der Waals surface area contributed by atoms with Crippen molar-refractivity contribution < 1.29 is 13.2 Å². The molecule has 36 heavy (non-hydrogen) atoms. The molecule has 3 aromatic rings. The van der Waals surface area contributed by atoms with Crippen molar-refractivity contribution in [2.45, 2.75) is 30.2 Å². The predicted octanol–water partition coefficient (Wildman–Crippen LogP) is 5.85. The molecule has 5 rings (SSSR count). The third-order valence-electron chi connectivity index (χ3n) is 6.55. The lowest BCUT2D eigenvalue weighted by molar-refractivity contribution is -0.0328. The van der Waals surface area contributed by atoms with E-state index >= 15 is 0 Å². The Balaban J connectivity index is 2.10. The zero-order valence-corrected chi connectivity index (χ0v) is 19.5. The normalized spacial score (nSPS) is 14.2. The van der Waals surface area contributed by atoms with Crippen LogP contribution < -0.4 is 10.4 Å². The van der Waals surface area contributed by atoms with Crippen LogP contribution in [-0.2, 0) is 12.8 Å². The number of aryl methyl sites for hydroxylation is 1. The summed E-state index contributed by atoms with van der Waals surface area (Å²) in [5, 5.41) is 20.5. The first-order valence-electron chi connectivity index (χ1n) is 10.7. The van der Waals surface area contributed by atoms with Gasteiger partial charge in [-0.15, -0.1) is 0 Å². The summed E-state index contributed by atoms with van der Waals surface area (Å²) in [6, 6.07) is 14.2. The van der Waals surface area contributed by atoms with Gasteiger partial charge in [-0.3, -0.25) is 0 Å². The Morgan fingerprint density at radius 1 is 0.833 bits per heavy atom. The van der Waals surface area contributed by atoms with E-state index in [0.717, 1.165) is 16.7 Å². The number of nitrogens with zero attached hydrogens (tertiary/aromatic N) is 4. The van der Waals surface area contributed by atoms with Crippen LogP contribution in [0.15, 0.2) is 41.3 Å². The molecule has 4 nitrogen and oxygen atoms in total. The van der Waals surface area contributed by atoms with Gasteiger partial charge in [-0.25, -0.2) is 20.2 Å². The third-order valence-corrected chi connectivity index (χ3v) is 7.34. The molecule has 172 valence electrons. The molecule has 2 aliphatic rings. The first-order valence-corrected chi connectivity index (χ1v) is 11.5. The van der Waals surface area contributed by atoms with Crippen molar-refractivity contribution in [1.29, 1.82) is 10.5 Å². The summed E-state index contributed by atoms with van der Waals surface area (Å²) >= 11 is -0.248. The number of hydrogen-bond acceptors (Lipinski definition) is 3. The van der Waals surface area contributed by atoms with Gasteiger partial charge in [-0.2, -0.15) is 13.2 Å². The molecule has 0 unspecified atom stereocenters. The second kappa shape index (κ2) is 8.31. The maximum absolute atomic E-state index is 13.5. The summed E-state index contributed by atoms with van der Waals surface area (Å²) in [4.78, 5) is 6.89. The van der Waals surface area contributed by atoms with Gasteiger partial charge in [-0.05, 0) is 87.7 Å². The van der Waals surface area contributed by atoms with Gasteiger partial charge in [0.1, 0.15) is 0 Å². The number of halogens is 3. The summed E-state index contributed by atoms with van der Waals surface area (Å²) in [5.74, 6) is 0. The highest BCUT2D eigenvalue weighted by Crippen LogP contribution is 2.47. The predicted molar refractivity (Wildman–Crippen MR) is 130 cm³/mol. The Hall–Kier alpha value is -4.50. The van der Waals surface area contributed by atoms with Crippen LogP contribution in [0.25, 0.3) is 43.3 Å². The van der Waals surface area contributed by atoms with Gasteiger partial charge in [0, 0.05) is 15.3 Å². The van der Waals surface area contributed by atoms with Crippen LogP contribution in [-0.4, -0.2) is 5.51 Å². The van der Waals surface area contributed by atoms with Crippen molar-refractivity contribution in [2.75, 3.05) is 0 Å². The van der Waals surface area contributed by atoms with Crippen molar-refractivity contribution in [3.8, 4) is 34.4 Å². The summed E-state index contributed by atoms with van der Waals surface area (Å²) in [5.41, 5.74) is 0.707. The van der Waals surface area contributed by atoms with Crippen molar-refractivity contribution in [3.05, 3.63) is 97.5 Å². The number of hydrogen-bond donors (Lipinski definition) is 0. The van der Waals surface area contributed by atoms with E-state index < -0.39 is 5.51 Å². The Kier molecular flexibility index (Phi) is 5.37. The minimum Gasteiger partial charge on any atom is -0.226 e. The van der Waals surface area contributed by atoms with Crippen LogP contribution in [0.1, 0.15) is 27.8 Å². The average molecular weight is 495 g/mol.